The quantitative estimate of drug-likeness (QED) is 0.692. The molecule has 0 radical (unpaired) electrons. The van der Waals surface area contributed by atoms with Gasteiger partial charge in [0.05, 0.1) is 6.61 Å². The summed E-state index contributed by atoms with van der Waals surface area (Å²) in [6, 6.07) is 0.0287. The van der Waals surface area contributed by atoms with Crippen LogP contribution in [0, 0.1) is 0 Å². The van der Waals surface area contributed by atoms with Crippen molar-refractivity contribution in [1.29, 1.82) is 0 Å². The van der Waals surface area contributed by atoms with Crippen LogP contribution in [-0.4, -0.2) is 37.6 Å². The third-order valence-corrected chi connectivity index (χ3v) is 2.88. The summed E-state index contributed by atoms with van der Waals surface area (Å²) in [4.78, 5) is 11.5. The Hall–Kier alpha value is -0.750. The van der Waals surface area contributed by atoms with E-state index in [1.807, 2.05) is 0 Å². The van der Waals surface area contributed by atoms with Crippen LogP contribution in [-0.2, 0) is 9.53 Å². The fourth-order valence-electron chi connectivity index (χ4n) is 1.95. The zero-order valence-corrected chi connectivity index (χ0v) is 9.83. The fourth-order valence-corrected chi connectivity index (χ4v) is 1.95. The van der Waals surface area contributed by atoms with E-state index in [4.69, 9.17) is 5.73 Å². The maximum Gasteiger partial charge on any atom is 0.261 e. The summed E-state index contributed by atoms with van der Waals surface area (Å²) in [6.07, 6.45) is 1.61. The average Bonchev–Trinajstić information content (AvgIpc) is 2.27. The summed E-state index contributed by atoms with van der Waals surface area (Å²) in [5, 5.41) is 2.83. The van der Waals surface area contributed by atoms with E-state index in [1.54, 1.807) is 0 Å². The molecular weight excluding hydrogens is 230 g/mol. The number of hydrogen-bond acceptors (Lipinski definition) is 3. The lowest BCUT2D eigenvalue weighted by Crippen LogP contribution is -2.49. The van der Waals surface area contributed by atoms with E-state index < -0.39 is 13.0 Å². The minimum atomic E-state index is -2.48. The Balaban J connectivity index is 2.11. The third-order valence-electron chi connectivity index (χ3n) is 2.88. The van der Waals surface area contributed by atoms with Crippen LogP contribution in [0.15, 0.2) is 0 Å². The Bertz CT molecular complexity index is 240. The summed E-state index contributed by atoms with van der Waals surface area (Å²) >= 11 is 0. The first kappa shape index (κ1) is 14.3. The molecule has 3 N–H and O–H groups in total. The molecule has 0 bridgehead atoms. The molecule has 0 heterocycles. The normalized spacial score (nSPS) is 24.9. The van der Waals surface area contributed by atoms with Crippen molar-refractivity contribution >= 4 is 5.91 Å². The Morgan fingerprint density at radius 1 is 1.41 bits per heavy atom. The molecule has 4 nitrogen and oxygen atoms in total. The molecule has 0 aromatic heterocycles. The number of nitrogens with one attached hydrogen (secondary N) is 1. The number of amides is 1. The van der Waals surface area contributed by atoms with Gasteiger partial charge in [0.1, 0.15) is 6.61 Å². The Morgan fingerprint density at radius 3 is 2.76 bits per heavy atom. The predicted molar refractivity (Wildman–Crippen MR) is 59.8 cm³/mol. The standard InChI is InChI=1S/C11H20F2N2O2/c12-10(13)7-17-6-5-11(16)15-9-4-2-1-3-8(9)14/h8-10H,1-7,14H2,(H,15,16)/t8-,9-/m1/s1. The highest BCUT2D eigenvalue weighted by Crippen LogP contribution is 2.16. The molecule has 17 heavy (non-hydrogen) atoms. The molecule has 1 rings (SSSR count). The first-order chi connectivity index (χ1) is 8.09. The summed E-state index contributed by atoms with van der Waals surface area (Å²) in [5.74, 6) is -0.179. The van der Waals surface area contributed by atoms with Crippen LogP contribution in [0.25, 0.3) is 0 Å². The molecule has 1 fully saturated rings. The highest BCUT2D eigenvalue weighted by Gasteiger charge is 2.22. The van der Waals surface area contributed by atoms with E-state index in [1.165, 1.54) is 0 Å². The first-order valence-electron chi connectivity index (χ1n) is 6.00. The number of nitrogens with two attached hydrogens (primary N) is 1. The van der Waals surface area contributed by atoms with E-state index in [2.05, 4.69) is 10.1 Å². The van der Waals surface area contributed by atoms with E-state index >= 15 is 0 Å². The molecule has 100 valence electrons. The van der Waals surface area contributed by atoms with Gasteiger partial charge >= 0.3 is 0 Å². The summed E-state index contributed by atoms with van der Waals surface area (Å²) < 4.78 is 28.1. The van der Waals surface area contributed by atoms with Gasteiger partial charge in [-0.15, -0.1) is 0 Å². The van der Waals surface area contributed by atoms with Crippen molar-refractivity contribution in [2.75, 3.05) is 13.2 Å². The third kappa shape index (κ3) is 5.93. The molecule has 6 heteroatoms. The number of carbonyl (C=O) groups is 1. The molecule has 1 saturated carbocycles. The van der Waals surface area contributed by atoms with Crippen molar-refractivity contribution in [3.05, 3.63) is 0 Å². The minimum Gasteiger partial charge on any atom is -0.375 e. The van der Waals surface area contributed by atoms with Gasteiger partial charge in [-0.25, -0.2) is 8.78 Å². The van der Waals surface area contributed by atoms with Crippen LogP contribution in [0.1, 0.15) is 32.1 Å². The largest absolute Gasteiger partial charge is 0.375 e. The average molecular weight is 250 g/mol. The molecule has 1 aliphatic rings. The van der Waals surface area contributed by atoms with Gasteiger partial charge in [-0.1, -0.05) is 12.8 Å². The Labute approximate surface area is 99.9 Å². The molecular formula is C11H20F2N2O2. The highest BCUT2D eigenvalue weighted by molar-refractivity contribution is 5.76. The lowest BCUT2D eigenvalue weighted by Gasteiger charge is -2.29. The van der Waals surface area contributed by atoms with Crippen LogP contribution in [0.2, 0.25) is 0 Å². The van der Waals surface area contributed by atoms with Gasteiger partial charge in [-0.05, 0) is 12.8 Å². The molecule has 0 aromatic carbocycles. The second-order valence-electron chi connectivity index (χ2n) is 4.34. The lowest BCUT2D eigenvalue weighted by atomic mass is 9.91. The number of halogens is 2. The van der Waals surface area contributed by atoms with Gasteiger partial charge < -0.3 is 15.8 Å². The summed E-state index contributed by atoms with van der Waals surface area (Å²) in [6.45, 7) is -0.589. The van der Waals surface area contributed by atoms with Crippen LogP contribution < -0.4 is 11.1 Å². The smallest absolute Gasteiger partial charge is 0.261 e. The Kier molecular flexibility index (Phi) is 6.36. The molecule has 0 spiro atoms. The van der Waals surface area contributed by atoms with E-state index in [0.717, 1.165) is 25.7 Å². The monoisotopic (exact) mass is 250 g/mol. The van der Waals surface area contributed by atoms with Gasteiger partial charge in [-0.2, -0.15) is 0 Å². The molecule has 0 unspecified atom stereocenters. The second kappa shape index (κ2) is 7.55. The van der Waals surface area contributed by atoms with Crippen LogP contribution >= 0.6 is 0 Å². The zero-order valence-electron chi connectivity index (χ0n) is 9.83. The highest BCUT2D eigenvalue weighted by atomic mass is 19.3. The molecule has 0 aromatic rings. The number of carbonyl (C=O) groups excluding carboxylic acids is 1. The van der Waals surface area contributed by atoms with Crippen molar-refractivity contribution in [1.82, 2.24) is 5.32 Å². The summed E-state index contributed by atoms with van der Waals surface area (Å²) in [5.41, 5.74) is 5.88. The number of alkyl halides is 2. The maximum absolute atomic E-state index is 11.7. The van der Waals surface area contributed by atoms with E-state index in [0.29, 0.717) is 0 Å². The van der Waals surface area contributed by atoms with Crippen molar-refractivity contribution < 1.29 is 18.3 Å². The number of rotatable bonds is 6. The fraction of sp³-hybridized carbons (Fsp3) is 0.909. The van der Waals surface area contributed by atoms with Crippen molar-refractivity contribution in [3.63, 3.8) is 0 Å². The molecule has 2 atom stereocenters. The second-order valence-corrected chi connectivity index (χ2v) is 4.34. The van der Waals surface area contributed by atoms with E-state index in [9.17, 15) is 13.6 Å². The van der Waals surface area contributed by atoms with Gasteiger partial charge in [0.25, 0.3) is 6.43 Å². The van der Waals surface area contributed by atoms with Gasteiger partial charge in [0.15, 0.2) is 0 Å². The summed E-state index contributed by atoms with van der Waals surface area (Å²) in [7, 11) is 0. The maximum atomic E-state index is 11.7. The van der Waals surface area contributed by atoms with Crippen LogP contribution in [0.3, 0.4) is 0 Å². The predicted octanol–water partition coefficient (Wildman–Crippen LogP) is 1.04. The van der Waals surface area contributed by atoms with E-state index in [-0.39, 0.29) is 31.0 Å². The number of hydrogen-bond donors (Lipinski definition) is 2. The van der Waals surface area contributed by atoms with Crippen molar-refractivity contribution in [3.8, 4) is 0 Å². The van der Waals surface area contributed by atoms with Gasteiger partial charge in [-0.3, -0.25) is 4.79 Å². The van der Waals surface area contributed by atoms with Crippen LogP contribution in [0.5, 0.6) is 0 Å². The van der Waals surface area contributed by atoms with Gasteiger partial charge in [0.2, 0.25) is 5.91 Å². The SMILES string of the molecule is N[C@@H]1CCCC[C@H]1NC(=O)CCOCC(F)F. The van der Waals surface area contributed by atoms with Crippen molar-refractivity contribution in [2.45, 2.75) is 50.6 Å². The molecule has 0 saturated heterocycles. The topological polar surface area (TPSA) is 64.3 Å². The van der Waals surface area contributed by atoms with Crippen molar-refractivity contribution in [2.24, 2.45) is 5.73 Å². The first-order valence-corrected chi connectivity index (χ1v) is 6.00. The number of ether oxygens (including phenoxy) is 1. The van der Waals surface area contributed by atoms with Crippen LogP contribution in [0.4, 0.5) is 8.78 Å². The molecule has 0 aliphatic heterocycles. The zero-order chi connectivity index (χ0) is 12.7. The van der Waals surface area contributed by atoms with Gasteiger partial charge in [0, 0.05) is 18.5 Å². The lowest BCUT2D eigenvalue weighted by molar-refractivity contribution is -0.123. The molecule has 1 aliphatic carbocycles. The minimum absolute atomic E-state index is 0.00897. The molecule has 1 amide bonds. The Morgan fingerprint density at radius 2 is 2.12 bits per heavy atom.